The molecule has 4 atom stereocenters. The number of nitrogens with zero attached hydrogens (tertiary/aromatic N) is 1. The molecule has 2 rings (SSSR count). The number of hydrogen-bond donors (Lipinski definition) is 1. The average Bonchev–Trinajstić information content (AvgIpc) is 2.71. The summed E-state index contributed by atoms with van der Waals surface area (Å²) in [7, 11) is 0. The van der Waals surface area contributed by atoms with Crippen LogP contribution in [0.4, 0.5) is 0 Å². The minimum Gasteiger partial charge on any atom is -0.391 e. The summed E-state index contributed by atoms with van der Waals surface area (Å²) in [6, 6.07) is 1.21. The van der Waals surface area contributed by atoms with Crippen LogP contribution in [0.5, 0.6) is 0 Å². The van der Waals surface area contributed by atoms with Gasteiger partial charge in [0, 0.05) is 12.1 Å². The van der Waals surface area contributed by atoms with E-state index in [2.05, 4.69) is 18.7 Å². The summed E-state index contributed by atoms with van der Waals surface area (Å²) >= 11 is 0. The van der Waals surface area contributed by atoms with Gasteiger partial charge in [-0.1, -0.05) is 13.8 Å². The number of likely N-dealkylation sites (tertiary alicyclic amines) is 1. The first-order chi connectivity index (χ1) is 6.74. The Labute approximate surface area is 87.3 Å². The first-order valence-corrected chi connectivity index (χ1v) is 6.17. The van der Waals surface area contributed by atoms with Gasteiger partial charge in [0.15, 0.2) is 0 Å². The Hall–Kier alpha value is -0.0800. The minimum atomic E-state index is -0.0469. The third-order valence-corrected chi connectivity index (χ3v) is 4.21. The Morgan fingerprint density at radius 1 is 1.29 bits per heavy atom. The van der Waals surface area contributed by atoms with Gasteiger partial charge in [-0.05, 0) is 44.6 Å². The lowest BCUT2D eigenvalue weighted by Crippen LogP contribution is -2.44. The number of rotatable bonds is 2. The Kier molecular flexibility index (Phi) is 3.13. The molecule has 1 saturated carbocycles. The van der Waals surface area contributed by atoms with Crippen molar-refractivity contribution < 1.29 is 5.11 Å². The lowest BCUT2D eigenvalue weighted by Gasteiger charge is -2.33. The molecule has 2 aliphatic rings. The van der Waals surface area contributed by atoms with Crippen LogP contribution in [0.25, 0.3) is 0 Å². The first kappa shape index (κ1) is 10.4. The van der Waals surface area contributed by atoms with E-state index in [4.69, 9.17) is 0 Å². The van der Waals surface area contributed by atoms with Crippen LogP contribution in [0.3, 0.4) is 0 Å². The molecule has 1 aliphatic heterocycles. The molecule has 0 aromatic rings. The molecule has 0 radical (unpaired) electrons. The van der Waals surface area contributed by atoms with Gasteiger partial charge in [0.1, 0.15) is 0 Å². The zero-order valence-corrected chi connectivity index (χ0v) is 9.45. The third kappa shape index (κ3) is 1.70. The van der Waals surface area contributed by atoms with Crippen molar-refractivity contribution in [2.75, 3.05) is 6.54 Å². The summed E-state index contributed by atoms with van der Waals surface area (Å²) in [5, 5.41) is 9.91. The fourth-order valence-electron chi connectivity index (χ4n) is 3.39. The molecule has 1 aliphatic carbocycles. The number of hydrogen-bond acceptors (Lipinski definition) is 2. The van der Waals surface area contributed by atoms with Gasteiger partial charge in [-0.25, -0.2) is 0 Å². The first-order valence-electron chi connectivity index (χ1n) is 6.17. The Bertz CT molecular complexity index is 195. The van der Waals surface area contributed by atoms with E-state index in [0.29, 0.717) is 6.04 Å². The number of aliphatic hydroxyl groups is 1. The van der Waals surface area contributed by atoms with E-state index in [-0.39, 0.29) is 6.10 Å². The van der Waals surface area contributed by atoms with E-state index >= 15 is 0 Å². The van der Waals surface area contributed by atoms with E-state index < -0.39 is 0 Å². The highest BCUT2D eigenvalue weighted by molar-refractivity contribution is 4.93. The molecule has 0 spiro atoms. The van der Waals surface area contributed by atoms with Crippen LogP contribution < -0.4 is 0 Å². The van der Waals surface area contributed by atoms with Crippen LogP contribution in [-0.4, -0.2) is 34.7 Å². The lowest BCUT2D eigenvalue weighted by atomic mass is 10.00. The van der Waals surface area contributed by atoms with Crippen molar-refractivity contribution in [3.63, 3.8) is 0 Å². The van der Waals surface area contributed by atoms with Gasteiger partial charge < -0.3 is 5.11 Å². The van der Waals surface area contributed by atoms with Crippen molar-refractivity contribution in [1.29, 1.82) is 0 Å². The highest BCUT2D eigenvalue weighted by Gasteiger charge is 2.39. The summed E-state index contributed by atoms with van der Waals surface area (Å²) in [4.78, 5) is 2.59. The molecule has 2 nitrogen and oxygen atoms in total. The van der Waals surface area contributed by atoms with E-state index in [0.717, 1.165) is 18.4 Å². The Morgan fingerprint density at radius 2 is 2.07 bits per heavy atom. The molecule has 0 aromatic heterocycles. The van der Waals surface area contributed by atoms with Crippen LogP contribution in [0.15, 0.2) is 0 Å². The molecular formula is C12H23NO. The lowest BCUT2D eigenvalue weighted by molar-refractivity contribution is 0.0567. The molecule has 1 saturated heterocycles. The van der Waals surface area contributed by atoms with Gasteiger partial charge in [-0.2, -0.15) is 0 Å². The van der Waals surface area contributed by atoms with Gasteiger partial charge in [0.25, 0.3) is 0 Å². The molecule has 2 fully saturated rings. The van der Waals surface area contributed by atoms with Gasteiger partial charge in [0.05, 0.1) is 6.10 Å². The van der Waals surface area contributed by atoms with Crippen LogP contribution in [0.2, 0.25) is 0 Å². The van der Waals surface area contributed by atoms with Crippen molar-refractivity contribution in [2.45, 2.75) is 64.1 Å². The highest BCUT2D eigenvalue weighted by atomic mass is 16.3. The van der Waals surface area contributed by atoms with Crippen molar-refractivity contribution in [1.82, 2.24) is 4.90 Å². The van der Waals surface area contributed by atoms with E-state index in [1.807, 2.05) is 0 Å². The molecule has 0 bridgehead atoms. The predicted molar refractivity (Wildman–Crippen MR) is 58.2 cm³/mol. The molecule has 82 valence electrons. The molecule has 1 heterocycles. The second kappa shape index (κ2) is 4.19. The molecule has 2 heteroatoms. The fourth-order valence-corrected chi connectivity index (χ4v) is 3.39. The van der Waals surface area contributed by atoms with Crippen LogP contribution >= 0.6 is 0 Å². The maximum absolute atomic E-state index is 9.91. The predicted octanol–water partition coefficient (Wildman–Crippen LogP) is 2.02. The van der Waals surface area contributed by atoms with Crippen LogP contribution in [0.1, 0.15) is 46.0 Å². The second-order valence-corrected chi connectivity index (χ2v) is 5.04. The minimum absolute atomic E-state index is 0.0469. The summed E-state index contributed by atoms with van der Waals surface area (Å²) in [5.41, 5.74) is 0. The maximum Gasteiger partial charge on any atom is 0.0695 e. The second-order valence-electron chi connectivity index (χ2n) is 5.04. The fraction of sp³-hybridized carbons (Fsp3) is 1.00. The van der Waals surface area contributed by atoms with Gasteiger partial charge >= 0.3 is 0 Å². The Morgan fingerprint density at radius 3 is 2.64 bits per heavy atom. The van der Waals surface area contributed by atoms with E-state index in [9.17, 15) is 5.11 Å². The summed E-state index contributed by atoms with van der Waals surface area (Å²) in [6.45, 7) is 5.84. The van der Waals surface area contributed by atoms with E-state index in [1.165, 1.54) is 32.2 Å². The summed E-state index contributed by atoms with van der Waals surface area (Å²) in [5.74, 6) is 0.827. The quantitative estimate of drug-likeness (QED) is 0.732. The summed E-state index contributed by atoms with van der Waals surface area (Å²) in [6.07, 6.45) is 5.96. The van der Waals surface area contributed by atoms with Gasteiger partial charge in [-0.15, -0.1) is 0 Å². The molecule has 1 N–H and O–H groups in total. The smallest absolute Gasteiger partial charge is 0.0695 e. The Balaban J connectivity index is 2.02. The van der Waals surface area contributed by atoms with Crippen molar-refractivity contribution in [2.24, 2.45) is 5.92 Å². The SMILES string of the molecule is CCC1C(C)CCN1C1CCCC1O. The highest BCUT2D eigenvalue weighted by Crippen LogP contribution is 2.34. The molecule has 4 unspecified atom stereocenters. The van der Waals surface area contributed by atoms with Gasteiger partial charge in [-0.3, -0.25) is 4.90 Å². The summed E-state index contributed by atoms with van der Waals surface area (Å²) < 4.78 is 0. The standard InChI is InChI=1S/C12H23NO/c1-3-10-9(2)7-8-13(10)11-5-4-6-12(11)14/h9-12,14H,3-8H2,1-2H3. The molecular weight excluding hydrogens is 174 g/mol. The maximum atomic E-state index is 9.91. The van der Waals surface area contributed by atoms with E-state index in [1.54, 1.807) is 0 Å². The normalized spacial score (nSPS) is 44.8. The van der Waals surface area contributed by atoms with Crippen molar-refractivity contribution in [3.05, 3.63) is 0 Å². The molecule has 14 heavy (non-hydrogen) atoms. The topological polar surface area (TPSA) is 23.5 Å². The van der Waals surface area contributed by atoms with Crippen molar-refractivity contribution in [3.8, 4) is 0 Å². The monoisotopic (exact) mass is 197 g/mol. The largest absolute Gasteiger partial charge is 0.391 e. The number of aliphatic hydroxyl groups excluding tert-OH is 1. The zero-order valence-electron chi connectivity index (χ0n) is 9.45. The van der Waals surface area contributed by atoms with Crippen LogP contribution in [-0.2, 0) is 0 Å². The van der Waals surface area contributed by atoms with Crippen LogP contribution in [0, 0.1) is 5.92 Å². The molecule has 0 amide bonds. The van der Waals surface area contributed by atoms with Crippen molar-refractivity contribution >= 4 is 0 Å². The zero-order chi connectivity index (χ0) is 10.1. The third-order valence-electron chi connectivity index (χ3n) is 4.21. The molecule has 0 aromatic carbocycles. The van der Waals surface area contributed by atoms with Gasteiger partial charge in [0.2, 0.25) is 0 Å². The average molecular weight is 197 g/mol.